The highest BCUT2D eigenvalue weighted by atomic mass is 32.2. The lowest BCUT2D eigenvalue weighted by atomic mass is 10.2. The van der Waals surface area contributed by atoms with Crippen LogP contribution < -0.4 is 0 Å². The summed E-state index contributed by atoms with van der Waals surface area (Å²) in [5, 5.41) is -0.0558. The molecule has 114 valence electrons. The minimum Gasteiger partial charge on any atom is -0.406 e. The number of sulfone groups is 1. The standard InChI is InChI=1S/C13H28O4SSi/c1-12(2,3)18(15,16)10-11(9-14)17-19(7,8)13(4,5)6/h9,11H,10H2,1-8H3. The van der Waals surface area contributed by atoms with Crippen molar-refractivity contribution in [3.63, 3.8) is 0 Å². The molecule has 1 unspecified atom stereocenters. The molecule has 0 N–H and O–H groups in total. The number of hydrogen-bond donors (Lipinski definition) is 0. The van der Waals surface area contributed by atoms with Crippen molar-refractivity contribution in [3.05, 3.63) is 0 Å². The van der Waals surface area contributed by atoms with Gasteiger partial charge in [-0.1, -0.05) is 20.8 Å². The zero-order valence-electron chi connectivity index (χ0n) is 13.4. The molecule has 0 fully saturated rings. The largest absolute Gasteiger partial charge is 0.406 e. The lowest BCUT2D eigenvalue weighted by Gasteiger charge is -2.38. The second kappa shape index (κ2) is 5.66. The first-order chi connectivity index (χ1) is 8.14. The van der Waals surface area contributed by atoms with Crippen molar-refractivity contribution < 1.29 is 17.6 Å². The van der Waals surface area contributed by atoms with E-state index in [-0.39, 0.29) is 10.8 Å². The first kappa shape index (κ1) is 18.8. The summed E-state index contributed by atoms with van der Waals surface area (Å²) in [5.41, 5.74) is 0. The minimum absolute atomic E-state index is 0.0558. The van der Waals surface area contributed by atoms with E-state index < -0.39 is 29.0 Å². The Kier molecular flexibility index (Phi) is 5.59. The Bertz CT molecular complexity index is 413. The fourth-order valence-corrected chi connectivity index (χ4v) is 3.57. The minimum atomic E-state index is -3.36. The first-order valence-corrected chi connectivity index (χ1v) is 11.1. The molecular formula is C13H28O4SSi. The van der Waals surface area contributed by atoms with Crippen molar-refractivity contribution in [2.75, 3.05) is 5.75 Å². The normalized spacial score (nSPS) is 16.2. The summed E-state index contributed by atoms with van der Waals surface area (Å²) in [6.45, 7) is 15.1. The van der Waals surface area contributed by atoms with Gasteiger partial charge >= 0.3 is 0 Å². The van der Waals surface area contributed by atoms with Crippen molar-refractivity contribution >= 4 is 24.4 Å². The number of aldehydes is 1. The Morgan fingerprint density at radius 2 is 1.53 bits per heavy atom. The van der Waals surface area contributed by atoms with E-state index in [4.69, 9.17) is 4.43 Å². The molecule has 1 atom stereocenters. The average molecular weight is 309 g/mol. The van der Waals surface area contributed by atoms with Gasteiger partial charge in [-0.2, -0.15) is 0 Å². The Hall–Kier alpha value is -0.203. The second-order valence-corrected chi connectivity index (χ2v) is 15.0. The van der Waals surface area contributed by atoms with Gasteiger partial charge in [0.25, 0.3) is 0 Å². The van der Waals surface area contributed by atoms with Gasteiger partial charge in [0.1, 0.15) is 12.4 Å². The van der Waals surface area contributed by atoms with Crippen LogP contribution in [0.25, 0.3) is 0 Å². The summed E-state index contributed by atoms with van der Waals surface area (Å²) in [7, 11) is -5.50. The van der Waals surface area contributed by atoms with Crippen LogP contribution >= 0.6 is 0 Å². The molecule has 0 saturated heterocycles. The van der Waals surface area contributed by atoms with Gasteiger partial charge in [-0.05, 0) is 38.9 Å². The quantitative estimate of drug-likeness (QED) is 0.579. The maximum atomic E-state index is 12.1. The molecule has 0 heterocycles. The zero-order chi connectivity index (χ0) is 15.7. The maximum Gasteiger partial charge on any atom is 0.193 e. The number of hydrogen-bond acceptors (Lipinski definition) is 4. The first-order valence-electron chi connectivity index (χ1n) is 6.49. The molecule has 0 aliphatic carbocycles. The molecule has 0 radical (unpaired) electrons. The molecule has 0 rings (SSSR count). The van der Waals surface area contributed by atoms with Crippen molar-refractivity contribution in [3.8, 4) is 0 Å². The van der Waals surface area contributed by atoms with Crippen molar-refractivity contribution in [1.29, 1.82) is 0 Å². The van der Waals surface area contributed by atoms with Gasteiger partial charge in [-0.3, -0.25) is 0 Å². The number of rotatable bonds is 5. The van der Waals surface area contributed by atoms with Gasteiger partial charge in [0, 0.05) is 0 Å². The van der Waals surface area contributed by atoms with Gasteiger partial charge in [0.05, 0.1) is 10.5 Å². The van der Waals surface area contributed by atoms with E-state index in [0.717, 1.165) is 0 Å². The van der Waals surface area contributed by atoms with Crippen LogP contribution in [-0.4, -0.2) is 39.6 Å². The molecule has 0 aromatic rings. The zero-order valence-corrected chi connectivity index (χ0v) is 15.2. The predicted molar refractivity (Wildman–Crippen MR) is 81.7 cm³/mol. The molecule has 0 amide bonds. The molecular weight excluding hydrogens is 280 g/mol. The van der Waals surface area contributed by atoms with Crippen LogP contribution in [0.15, 0.2) is 0 Å². The molecule has 0 aliphatic heterocycles. The van der Waals surface area contributed by atoms with Crippen LogP contribution in [0.4, 0.5) is 0 Å². The van der Waals surface area contributed by atoms with Gasteiger partial charge in [-0.15, -0.1) is 0 Å². The molecule has 0 saturated carbocycles. The molecule has 0 aliphatic rings. The van der Waals surface area contributed by atoms with Crippen LogP contribution in [0, 0.1) is 0 Å². The molecule has 4 nitrogen and oxygen atoms in total. The Morgan fingerprint density at radius 3 is 1.79 bits per heavy atom. The molecule has 6 heteroatoms. The van der Waals surface area contributed by atoms with Crippen LogP contribution in [0.1, 0.15) is 41.5 Å². The lowest BCUT2D eigenvalue weighted by Crippen LogP contribution is -2.47. The van der Waals surface area contributed by atoms with E-state index >= 15 is 0 Å². The third kappa shape index (κ3) is 5.00. The van der Waals surface area contributed by atoms with Crippen LogP contribution in [0.2, 0.25) is 18.1 Å². The fourth-order valence-electron chi connectivity index (χ4n) is 1.12. The number of carbonyl (C=O) groups excluding carboxylic acids is 1. The van der Waals surface area contributed by atoms with Crippen LogP contribution in [0.5, 0.6) is 0 Å². The highest BCUT2D eigenvalue weighted by molar-refractivity contribution is 7.92. The Balaban J connectivity index is 5.06. The summed E-state index contributed by atoms with van der Waals surface area (Å²) in [4.78, 5) is 11.1. The highest BCUT2D eigenvalue weighted by Gasteiger charge is 2.41. The molecule has 0 aromatic heterocycles. The molecule has 19 heavy (non-hydrogen) atoms. The smallest absolute Gasteiger partial charge is 0.193 e. The van der Waals surface area contributed by atoms with Crippen molar-refractivity contribution in [2.45, 2.75) is 70.5 Å². The van der Waals surface area contributed by atoms with Crippen LogP contribution in [0.3, 0.4) is 0 Å². The van der Waals surface area contributed by atoms with E-state index in [2.05, 4.69) is 20.8 Å². The van der Waals surface area contributed by atoms with E-state index in [1.54, 1.807) is 20.8 Å². The fraction of sp³-hybridized carbons (Fsp3) is 0.923. The van der Waals surface area contributed by atoms with E-state index in [1.165, 1.54) is 0 Å². The monoisotopic (exact) mass is 308 g/mol. The van der Waals surface area contributed by atoms with Gasteiger partial charge in [0.2, 0.25) is 0 Å². The van der Waals surface area contributed by atoms with Gasteiger partial charge in [0.15, 0.2) is 18.2 Å². The summed E-state index contributed by atoms with van der Waals surface area (Å²) >= 11 is 0. The van der Waals surface area contributed by atoms with E-state index in [9.17, 15) is 13.2 Å². The predicted octanol–water partition coefficient (Wildman–Crippen LogP) is 2.79. The topological polar surface area (TPSA) is 60.4 Å². The summed E-state index contributed by atoms with van der Waals surface area (Å²) < 4.78 is 29.3. The molecule has 0 aromatic carbocycles. The summed E-state index contributed by atoms with van der Waals surface area (Å²) in [5.74, 6) is -0.244. The molecule has 0 bridgehead atoms. The summed E-state index contributed by atoms with van der Waals surface area (Å²) in [6.07, 6.45) is -0.255. The van der Waals surface area contributed by atoms with Crippen LogP contribution in [-0.2, 0) is 19.1 Å². The van der Waals surface area contributed by atoms with Gasteiger partial charge < -0.3 is 9.22 Å². The highest BCUT2D eigenvalue weighted by Crippen LogP contribution is 2.37. The third-order valence-electron chi connectivity index (χ3n) is 3.72. The van der Waals surface area contributed by atoms with E-state index in [1.807, 2.05) is 13.1 Å². The maximum absolute atomic E-state index is 12.1. The Labute approximate surface area is 119 Å². The van der Waals surface area contributed by atoms with E-state index in [0.29, 0.717) is 6.29 Å². The number of carbonyl (C=O) groups is 1. The van der Waals surface area contributed by atoms with Crippen molar-refractivity contribution in [2.24, 2.45) is 0 Å². The SMILES string of the molecule is CC(C)(C)[Si](C)(C)OC(C=O)CS(=O)(=O)C(C)(C)C. The summed E-state index contributed by atoms with van der Waals surface area (Å²) in [6, 6.07) is 0. The Morgan fingerprint density at radius 1 is 1.11 bits per heavy atom. The van der Waals surface area contributed by atoms with Gasteiger partial charge in [-0.25, -0.2) is 8.42 Å². The van der Waals surface area contributed by atoms with Crippen molar-refractivity contribution in [1.82, 2.24) is 0 Å². The lowest BCUT2D eigenvalue weighted by molar-refractivity contribution is -0.113. The average Bonchev–Trinajstić information content (AvgIpc) is 2.12. The second-order valence-electron chi connectivity index (χ2n) is 7.45. The molecule has 0 spiro atoms. The third-order valence-corrected chi connectivity index (χ3v) is 10.9.